The van der Waals surface area contributed by atoms with Crippen molar-refractivity contribution in [3.05, 3.63) is 40.6 Å². The maximum absolute atomic E-state index is 12.1. The van der Waals surface area contributed by atoms with E-state index in [0.717, 1.165) is 6.07 Å². The fraction of sp³-hybridized carbons (Fsp3) is 0.182. The molecule has 0 aliphatic heterocycles. The monoisotopic (exact) mass is 312 g/mol. The summed E-state index contributed by atoms with van der Waals surface area (Å²) >= 11 is 0. The maximum Gasteiger partial charge on any atom is 0.293 e. The summed E-state index contributed by atoms with van der Waals surface area (Å²) in [5.41, 5.74) is -0.0669. The lowest BCUT2D eigenvalue weighted by Gasteiger charge is -2.08. The summed E-state index contributed by atoms with van der Waals surface area (Å²) in [6.07, 6.45) is 1.20. The van der Waals surface area contributed by atoms with E-state index >= 15 is 0 Å². The van der Waals surface area contributed by atoms with Crippen LogP contribution in [0.4, 0.5) is 17.2 Å². The Morgan fingerprint density at radius 1 is 1.38 bits per heavy atom. The number of benzene rings is 1. The number of hydrogen-bond donors (Lipinski definition) is 2. The van der Waals surface area contributed by atoms with Gasteiger partial charge in [-0.1, -0.05) is 5.16 Å². The van der Waals surface area contributed by atoms with E-state index < -0.39 is 14.9 Å². The predicted molar refractivity (Wildman–Crippen MR) is 74.6 cm³/mol. The molecule has 0 fully saturated rings. The molecule has 1 aromatic heterocycles. The predicted octanol–water partition coefficient (Wildman–Crippen LogP) is 1.82. The van der Waals surface area contributed by atoms with E-state index in [0.29, 0.717) is 6.54 Å². The Balaban J connectivity index is 2.39. The fourth-order valence-electron chi connectivity index (χ4n) is 1.63. The van der Waals surface area contributed by atoms with Crippen molar-refractivity contribution in [3.63, 3.8) is 0 Å². The van der Waals surface area contributed by atoms with Crippen LogP contribution in [0, 0.1) is 10.1 Å². The SMILES string of the molecule is CCNc1ccc(S(=O)(=O)Nc2ccon2)cc1[N+](=O)[O-]. The van der Waals surface area contributed by atoms with E-state index in [4.69, 9.17) is 0 Å². The molecule has 9 nitrogen and oxygen atoms in total. The Bertz CT molecular complexity index is 742. The largest absolute Gasteiger partial charge is 0.380 e. The summed E-state index contributed by atoms with van der Waals surface area (Å²) in [7, 11) is -3.98. The minimum atomic E-state index is -3.98. The standard InChI is InChI=1S/C11H12N4O5S/c1-2-12-9-4-3-8(7-10(9)15(16)17)21(18,19)14-11-5-6-20-13-11/h3-7,12H,2H2,1H3,(H,13,14). The van der Waals surface area contributed by atoms with Crippen molar-refractivity contribution in [2.24, 2.45) is 0 Å². The van der Waals surface area contributed by atoms with Crippen molar-refractivity contribution in [3.8, 4) is 0 Å². The second-order valence-corrected chi connectivity index (χ2v) is 5.64. The van der Waals surface area contributed by atoms with E-state index in [2.05, 4.69) is 19.7 Å². The Kier molecular flexibility index (Phi) is 4.08. The minimum absolute atomic E-state index is 0.00610. The highest BCUT2D eigenvalue weighted by Gasteiger charge is 2.21. The summed E-state index contributed by atoms with van der Waals surface area (Å²) in [5, 5.41) is 17.2. The van der Waals surface area contributed by atoms with Crippen LogP contribution in [0.15, 0.2) is 39.9 Å². The number of aromatic nitrogens is 1. The van der Waals surface area contributed by atoms with Crippen molar-refractivity contribution < 1.29 is 17.9 Å². The van der Waals surface area contributed by atoms with Gasteiger partial charge in [0.05, 0.1) is 9.82 Å². The van der Waals surface area contributed by atoms with Gasteiger partial charge in [0.1, 0.15) is 12.0 Å². The van der Waals surface area contributed by atoms with Crippen molar-refractivity contribution in [2.45, 2.75) is 11.8 Å². The highest BCUT2D eigenvalue weighted by atomic mass is 32.2. The molecule has 0 amide bonds. The molecule has 0 saturated heterocycles. The van der Waals surface area contributed by atoms with Gasteiger partial charge in [0.2, 0.25) is 0 Å². The van der Waals surface area contributed by atoms with Crippen LogP contribution in [-0.2, 0) is 10.0 Å². The molecular weight excluding hydrogens is 300 g/mol. The average molecular weight is 312 g/mol. The summed E-state index contributed by atoms with van der Waals surface area (Å²) < 4.78 is 30.9. The molecule has 10 heteroatoms. The van der Waals surface area contributed by atoms with Gasteiger partial charge >= 0.3 is 0 Å². The molecule has 2 aromatic rings. The topological polar surface area (TPSA) is 127 Å². The van der Waals surface area contributed by atoms with E-state index in [1.807, 2.05) is 0 Å². The minimum Gasteiger partial charge on any atom is -0.380 e. The number of sulfonamides is 1. The zero-order chi connectivity index (χ0) is 15.5. The lowest BCUT2D eigenvalue weighted by Crippen LogP contribution is -2.14. The summed E-state index contributed by atoms with van der Waals surface area (Å²) in [4.78, 5) is 10.1. The zero-order valence-electron chi connectivity index (χ0n) is 10.9. The molecule has 0 unspecified atom stereocenters. The number of nitro benzene ring substituents is 1. The highest BCUT2D eigenvalue weighted by Crippen LogP contribution is 2.28. The quantitative estimate of drug-likeness (QED) is 0.615. The molecule has 0 aliphatic rings. The first-order chi connectivity index (χ1) is 9.94. The van der Waals surface area contributed by atoms with Crippen LogP contribution in [0.3, 0.4) is 0 Å². The molecule has 112 valence electrons. The maximum atomic E-state index is 12.1. The van der Waals surface area contributed by atoms with Crippen LogP contribution in [0.5, 0.6) is 0 Å². The molecular formula is C11H12N4O5S. The third-order valence-corrected chi connectivity index (χ3v) is 3.87. The van der Waals surface area contributed by atoms with Gasteiger partial charge < -0.3 is 9.84 Å². The molecule has 0 bridgehead atoms. The number of rotatable bonds is 6. The summed E-state index contributed by atoms with van der Waals surface area (Å²) in [6.45, 7) is 2.25. The lowest BCUT2D eigenvalue weighted by molar-refractivity contribution is -0.384. The van der Waals surface area contributed by atoms with Crippen LogP contribution in [-0.4, -0.2) is 25.0 Å². The second kappa shape index (κ2) is 5.79. The van der Waals surface area contributed by atoms with Crippen LogP contribution in [0.25, 0.3) is 0 Å². The van der Waals surface area contributed by atoms with Crippen molar-refractivity contribution >= 4 is 27.2 Å². The Morgan fingerprint density at radius 2 is 2.14 bits per heavy atom. The third kappa shape index (κ3) is 3.28. The first-order valence-electron chi connectivity index (χ1n) is 5.89. The molecule has 1 heterocycles. The molecule has 2 rings (SSSR count). The van der Waals surface area contributed by atoms with Crippen LogP contribution < -0.4 is 10.0 Å². The van der Waals surface area contributed by atoms with Gasteiger partial charge in [-0.05, 0) is 19.1 Å². The van der Waals surface area contributed by atoms with E-state index in [1.54, 1.807) is 6.92 Å². The number of hydrogen-bond acceptors (Lipinski definition) is 7. The molecule has 2 N–H and O–H groups in total. The third-order valence-electron chi connectivity index (χ3n) is 2.52. The smallest absolute Gasteiger partial charge is 0.293 e. The summed E-state index contributed by atoms with van der Waals surface area (Å²) in [5.74, 6) is -0.00610. The Hall–Kier alpha value is -2.62. The normalized spacial score (nSPS) is 11.1. The number of anilines is 2. The summed E-state index contributed by atoms with van der Waals surface area (Å²) in [6, 6.07) is 4.92. The van der Waals surface area contributed by atoms with Crippen LogP contribution in [0.2, 0.25) is 0 Å². The molecule has 0 aliphatic carbocycles. The van der Waals surface area contributed by atoms with Crippen molar-refractivity contribution in [2.75, 3.05) is 16.6 Å². The Labute approximate surface area is 120 Å². The molecule has 0 radical (unpaired) electrons. The Morgan fingerprint density at radius 3 is 2.71 bits per heavy atom. The van der Waals surface area contributed by atoms with Gasteiger partial charge in [0, 0.05) is 18.7 Å². The number of nitrogens with zero attached hydrogens (tertiary/aromatic N) is 2. The fourth-order valence-corrected chi connectivity index (χ4v) is 2.64. The second-order valence-electron chi connectivity index (χ2n) is 3.96. The van der Waals surface area contributed by atoms with Gasteiger partial charge in [0.15, 0.2) is 5.82 Å². The molecule has 1 aromatic carbocycles. The number of nitrogens with one attached hydrogen (secondary N) is 2. The molecule has 0 atom stereocenters. The van der Waals surface area contributed by atoms with Crippen molar-refractivity contribution in [1.82, 2.24) is 5.16 Å². The van der Waals surface area contributed by atoms with Gasteiger partial charge in [-0.3, -0.25) is 14.8 Å². The van der Waals surface area contributed by atoms with Gasteiger partial charge in [-0.2, -0.15) is 0 Å². The van der Waals surface area contributed by atoms with Crippen LogP contribution >= 0.6 is 0 Å². The molecule has 21 heavy (non-hydrogen) atoms. The lowest BCUT2D eigenvalue weighted by atomic mass is 10.2. The van der Waals surface area contributed by atoms with Crippen LogP contribution in [0.1, 0.15) is 6.92 Å². The number of nitro groups is 1. The highest BCUT2D eigenvalue weighted by molar-refractivity contribution is 7.92. The molecule has 0 spiro atoms. The van der Waals surface area contributed by atoms with Gasteiger partial charge in [-0.15, -0.1) is 0 Å². The van der Waals surface area contributed by atoms with E-state index in [-0.39, 0.29) is 22.1 Å². The zero-order valence-corrected chi connectivity index (χ0v) is 11.8. The first-order valence-corrected chi connectivity index (χ1v) is 7.38. The average Bonchev–Trinajstić information content (AvgIpc) is 2.91. The van der Waals surface area contributed by atoms with E-state index in [9.17, 15) is 18.5 Å². The molecule has 0 saturated carbocycles. The van der Waals surface area contributed by atoms with Crippen molar-refractivity contribution in [1.29, 1.82) is 0 Å². The first kappa shape index (κ1) is 14.8. The van der Waals surface area contributed by atoms with Gasteiger partial charge in [-0.25, -0.2) is 8.42 Å². The van der Waals surface area contributed by atoms with E-state index in [1.165, 1.54) is 24.5 Å². The van der Waals surface area contributed by atoms with Gasteiger partial charge in [0.25, 0.3) is 15.7 Å².